The maximum absolute atomic E-state index is 13.7. The summed E-state index contributed by atoms with van der Waals surface area (Å²) in [5.41, 5.74) is 1.44. The van der Waals surface area contributed by atoms with E-state index >= 15 is 0 Å². The van der Waals surface area contributed by atoms with Crippen molar-refractivity contribution in [3.05, 3.63) is 65.7 Å². The molecule has 33 heavy (non-hydrogen) atoms. The Labute approximate surface area is 196 Å². The van der Waals surface area contributed by atoms with Crippen LogP contribution in [0, 0.1) is 23.4 Å². The summed E-state index contributed by atoms with van der Waals surface area (Å²) in [5.74, 6) is -1.85. The minimum atomic E-state index is -1.10. The lowest BCUT2D eigenvalue weighted by atomic mass is 10.1. The standard InChI is InChI=1S/C23H23F3N4O2.H2S/c1-13(2)21(31)23(32)29-9-10-30-19(12-29)28-20(14-3-5-15(24)6-4-14)22(30)27-16-7-8-17(25)18(26)11-16;/h3-8,11,13,21,27,31H,9-10,12H2,1-2H3;1H2/t21-;/m0./s1. The van der Waals surface area contributed by atoms with Crippen LogP contribution < -0.4 is 5.32 Å². The van der Waals surface area contributed by atoms with Gasteiger partial charge in [0.1, 0.15) is 29.3 Å². The zero-order valence-electron chi connectivity index (χ0n) is 18.1. The summed E-state index contributed by atoms with van der Waals surface area (Å²) in [4.78, 5) is 18.8. The number of aromatic nitrogens is 2. The van der Waals surface area contributed by atoms with Crippen molar-refractivity contribution in [3.8, 4) is 11.3 Å². The highest BCUT2D eigenvalue weighted by molar-refractivity contribution is 7.59. The molecular formula is C23H25F3N4O2S. The summed E-state index contributed by atoms with van der Waals surface area (Å²) >= 11 is 0. The number of nitrogens with one attached hydrogen (secondary N) is 1. The Morgan fingerprint density at radius 1 is 1.06 bits per heavy atom. The second-order valence-corrected chi connectivity index (χ2v) is 8.09. The molecule has 0 bridgehead atoms. The van der Waals surface area contributed by atoms with Crippen LogP contribution in [0.2, 0.25) is 0 Å². The van der Waals surface area contributed by atoms with Gasteiger partial charge in [-0.05, 0) is 42.3 Å². The van der Waals surface area contributed by atoms with Crippen molar-refractivity contribution in [1.82, 2.24) is 14.5 Å². The molecule has 0 saturated heterocycles. The fraction of sp³-hybridized carbons (Fsp3) is 0.304. The van der Waals surface area contributed by atoms with Gasteiger partial charge in [-0.15, -0.1) is 0 Å². The van der Waals surface area contributed by atoms with Crippen molar-refractivity contribution < 1.29 is 23.1 Å². The lowest BCUT2D eigenvalue weighted by Gasteiger charge is -2.31. The van der Waals surface area contributed by atoms with Gasteiger partial charge in [0.15, 0.2) is 11.6 Å². The highest BCUT2D eigenvalue weighted by Gasteiger charge is 2.31. The van der Waals surface area contributed by atoms with E-state index in [1.165, 1.54) is 18.2 Å². The maximum Gasteiger partial charge on any atom is 0.252 e. The summed E-state index contributed by atoms with van der Waals surface area (Å²) < 4.78 is 42.4. The Morgan fingerprint density at radius 3 is 2.39 bits per heavy atom. The molecule has 0 unspecified atom stereocenters. The Bertz CT molecular complexity index is 1150. The average Bonchev–Trinajstić information content (AvgIpc) is 3.13. The van der Waals surface area contributed by atoms with Gasteiger partial charge in [0.25, 0.3) is 5.91 Å². The number of anilines is 2. The summed E-state index contributed by atoms with van der Waals surface area (Å²) in [5, 5.41) is 13.3. The van der Waals surface area contributed by atoms with E-state index < -0.39 is 23.6 Å². The smallest absolute Gasteiger partial charge is 0.252 e. The first-order chi connectivity index (χ1) is 15.2. The Kier molecular flexibility index (Phi) is 7.38. The van der Waals surface area contributed by atoms with Gasteiger partial charge in [0, 0.05) is 30.4 Å². The van der Waals surface area contributed by atoms with Crippen LogP contribution in [-0.2, 0) is 17.9 Å². The number of nitrogens with zero attached hydrogens (tertiary/aromatic N) is 3. The van der Waals surface area contributed by atoms with E-state index in [1.807, 2.05) is 4.57 Å². The van der Waals surface area contributed by atoms with Gasteiger partial charge in [0.2, 0.25) is 0 Å². The number of hydrogen-bond acceptors (Lipinski definition) is 4. The molecule has 1 aliphatic rings. The Hall–Kier alpha value is -2.98. The predicted octanol–water partition coefficient (Wildman–Crippen LogP) is 4.18. The molecule has 6 nitrogen and oxygen atoms in total. The molecule has 0 radical (unpaired) electrons. The molecule has 2 heterocycles. The molecular weight excluding hydrogens is 453 g/mol. The van der Waals surface area contributed by atoms with E-state index in [0.29, 0.717) is 41.7 Å². The van der Waals surface area contributed by atoms with Gasteiger partial charge >= 0.3 is 0 Å². The monoisotopic (exact) mass is 478 g/mol. The third kappa shape index (κ3) is 5.01. The molecule has 0 aliphatic carbocycles. The van der Waals surface area contributed by atoms with Crippen LogP contribution in [0.5, 0.6) is 0 Å². The summed E-state index contributed by atoms with van der Waals surface area (Å²) in [6.45, 7) is 4.44. The molecule has 3 aromatic rings. The van der Waals surface area contributed by atoms with Crippen LogP contribution in [0.15, 0.2) is 42.5 Å². The minimum Gasteiger partial charge on any atom is -0.383 e. The topological polar surface area (TPSA) is 70.4 Å². The van der Waals surface area contributed by atoms with Gasteiger partial charge in [-0.3, -0.25) is 4.79 Å². The molecule has 1 amide bonds. The molecule has 10 heteroatoms. The lowest BCUT2D eigenvalue weighted by Crippen LogP contribution is -2.45. The number of aliphatic hydroxyl groups is 1. The van der Waals surface area contributed by atoms with E-state index in [9.17, 15) is 23.1 Å². The van der Waals surface area contributed by atoms with Crippen molar-refractivity contribution in [2.45, 2.75) is 33.0 Å². The number of carbonyl (C=O) groups is 1. The molecule has 0 saturated carbocycles. The number of carbonyl (C=O) groups excluding carboxylic acids is 1. The number of benzene rings is 2. The van der Waals surface area contributed by atoms with Crippen LogP contribution in [0.25, 0.3) is 11.3 Å². The first-order valence-corrected chi connectivity index (χ1v) is 10.3. The van der Waals surface area contributed by atoms with Crippen molar-refractivity contribution >= 4 is 30.9 Å². The third-order valence-corrected chi connectivity index (χ3v) is 5.47. The number of rotatable bonds is 5. The lowest BCUT2D eigenvalue weighted by molar-refractivity contribution is -0.144. The first-order valence-electron chi connectivity index (χ1n) is 10.3. The molecule has 1 aromatic heterocycles. The highest BCUT2D eigenvalue weighted by Crippen LogP contribution is 2.33. The van der Waals surface area contributed by atoms with Gasteiger partial charge in [-0.25, -0.2) is 18.2 Å². The van der Waals surface area contributed by atoms with Gasteiger partial charge < -0.3 is 19.9 Å². The number of amides is 1. The molecule has 176 valence electrons. The zero-order chi connectivity index (χ0) is 23.0. The van der Waals surface area contributed by atoms with Crippen molar-refractivity contribution in [1.29, 1.82) is 0 Å². The molecule has 1 atom stereocenters. The Morgan fingerprint density at radius 2 is 1.76 bits per heavy atom. The Balaban J connectivity index is 0.00000306. The summed E-state index contributed by atoms with van der Waals surface area (Å²) in [7, 11) is 0. The number of fused-ring (bicyclic) bond motifs is 1. The van der Waals surface area contributed by atoms with E-state index in [4.69, 9.17) is 0 Å². The van der Waals surface area contributed by atoms with Crippen LogP contribution in [-0.4, -0.2) is 38.1 Å². The van der Waals surface area contributed by atoms with E-state index in [1.54, 1.807) is 30.9 Å². The van der Waals surface area contributed by atoms with Crippen molar-refractivity contribution in [3.63, 3.8) is 0 Å². The van der Waals surface area contributed by atoms with Crippen LogP contribution in [0.3, 0.4) is 0 Å². The number of halogens is 3. The highest BCUT2D eigenvalue weighted by atomic mass is 32.1. The number of hydrogen-bond donors (Lipinski definition) is 2. The number of aliphatic hydroxyl groups excluding tert-OH is 1. The van der Waals surface area contributed by atoms with E-state index in [-0.39, 0.29) is 31.9 Å². The summed E-state index contributed by atoms with van der Waals surface area (Å²) in [6, 6.07) is 9.24. The van der Waals surface area contributed by atoms with E-state index in [2.05, 4.69) is 10.3 Å². The van der Waals surface area contributed by atoms with Gasteiger partial charge in [0.05, 0.1) is 6.54 Å². The SMILES string of the molecule is CC(C)[C@H](O)C(=O)N1CCn2c(nc(-c3ccc(F)cc3)c2Nc2ccc(F)c(F)c2)C1.S. The quantitative estimate of drug-likeness (QED) is 0.577. The van der Waals surface area contributed by atoms with E-state index in [0.717, 1.165) is 12.1 Å². The minimum absolute atomic E-state index is 0. The first kappa shape index (κ1) is 24.7. The molecule has 2 aromatic carbocycles. The number of imidazole rings is 1. The van der Waals surface area contributed by atoms with Crippen molar-refractivity contribution in [2.75, 3.05) is 11.9 Å². The predicted molar refractivity (Wildman–Crippen MR) is 124 cm³/mol. The van der Waals surface area contributed by atoms with Crippen LogP contribution in [0.4, 0.5) is 24.7 Å². The van der Waals surface area contributed by atoms with Crippen molar-refractivity contribution in [2.24, 2.45) is 5.92 Å². The second kappa shape index (κ2) is 9.88. The maximum atomic E-state index is 13.7. The summed E-state index contributed by atoms with van der Waals surface area (Å²) in [6.07, 6.45) is -1.10. The molecule has 4 rings (SSSR count). The fourth-order valence-corrected chi connectivity index (χ4v) is 3.64. The normalized spacial score (nSPS) is 14.0. The van der Waals surface area contributed by atoms with Gasteiger partial charge in [-0.1, -0.05) is 13.8 Å². The largest absolute Gasteiger partial charge is 0.383 e. The zero-order valence-corrected chi connectivity index (χ0v) is 19.1. The van der Waals surface area contributed by atoms with Gasteiger partial charge in [-0.2, -0.15) is 13.5 Å². The fourth-order valence-electron chi connectivity index (χ4n) is 3.64. The second-order valence-electron chi connectivity index (χ2n) is 8.09. The molecule has 1 aliphatic heterocycles. The molecule has 2 N–H and O–H groups in total. The molecule has 0 spiro atoms. The third-order valence-electron chi connectivity index (χ3n) is 5.47. The average molecular weight is 479 g/mol. The van der Waals surface area contributed by atoms with Crippen LogP contribution >= 0.6 is 13.5 Å². The molecule has 0 fully saturated rings. The van der Waals surface area contributed by atoms with Crippen LogP contribution in [0.1, 0.15) is 19.7 Å².